The zero-order valence-electron chi connectivity index (χ0n) is 14.0. The molecule has 1 aromatic heterocycles. The fraction of sp³-hybridized carbons (Fsp3) is 0.278. The van der Waals surface area contributed by atoms with Crippen molar-refractivity contribution in [3.05, 3.63) is 59.7 Å². The lowest BCUT2D eigenvalue weighted by atomic mass is 9.87. The van der Waals surface area contributed by atoms with Gasteiger partial charge >= 0.3 is 0 Å². The highest BCUT2D eigenvalue weighted by atomic mass is 32.2. The number of phenolic OH excluding ortho intramolecular Hbond substituents is 1. The fourth-order valence-corrected chi connectivity index (χ4v) is 3.12. The first-order chi connectivity index (χ1) is 11.4. The molecule has 0 fully saturated rings. The Bertz CT molecular complexity index is 804. The molecule has 5 nitrogen and oxygen atoms in total. The summed E-state index contributed by atoms with van der Waals surface area (Å²) in [5.41, 5.74) is 3.54. The molecule has 124 valence electrons. The van der Waals surface area contributed by atoms with Crippen molar-refractivity contribution in [3.63, 3.8) is 0 Å². The number of hydrogen-bond donors (Lipinski definition) is 1. The molecule has 2 aromatic carbocycles. The summed E-state index contributed by atoms with van der Waals surface area (Å²) in [5.74, 6) is 1.02. The highest BCUT2D eigenvalue weighted by Gasteiger charge is 2.13. The number of aromatic hydroxyl groups is 1. The molecule has 1 N–H and O–H groups in total. The minimum atomic E-state index is 0.161. The first kappa shape index (κ1) is 16.5. The molecule has 24 heavy (non-hydrogen) atoms. The number of aromatic nitrogens is 4. The van der Waals surface area contributed by atoms with Gasteiger partial charge in [0, 0.05) is 5.75 Å². The smallest absolute Gasteiger partial charge is 0.214 e. The SMILES string of the molecule is CC(C)(C)c1ccc(CSc2nnnn2-c2ccc(O)cc2)cc1. The molecule has 0 spiro atoms. The summed E-state index contributed by atoms with van der Waals surface area (Å²) in [6.45, 7) is 6.63. The standard InChI is InChI=1S/C18H20N4OS/c1-18(2,3)14-6-4-13(5-7-14)12-24-17-19-20-21-22(17)15-8-10-16(23)11-9-15/h4-11,23H,12H2,1-3H3. The lowest BCUT2D eigenvalue weighted by Crippen LogP contribution is -2.10. The van der Waals surface area contributed by atoms with Crippen molar-refractivity contribution < 1.29 is 5.11 Å². The molecule has 0 saturated heterocycles. The third-order valence-electron chi connectivity index (χ3n) is 3.72. The third kappa shape index (κ3) is 3.76. The average molecular weight is 340 g/mol. The van der Waals surface area contributed by atoms with E-state index in [1.54, 1.807) is 40.7 Å². The van der Waals surface area contributed by atoms with Gasteiger partial charge in [0.1, 0.15) is 5.75 Å². The van der Waals surface area contributed by atoms with E-state index in [1.807, 2.05) is 0 Å². The van der Waals surface area contributed by atoms with E-state index in [-0.39, 0.29) is 11.2 Å². The predicted molar refractivity (Wildman–Crippen MR) is 95.5 cm³/mol. The molecule has 0 amide bonds. The molecular weight excluding hydrogens is 320 g/mol. The molecular formula is C18H20N4OS. The largest absolute Gasteiger partial charge is 0.508 e. The van der Waals surface area contributed by atoms with E-state index in [0.717, 1.165) is 16.6 Å². The van der Waals surface area contributed by atoms with Gasteiger partial charge in [0.2, 0.25) is 5.16 Å². The maximum absolute atomic E-state index is 9.39. The van der Waals surface area contributed by atoms with Crippen LogP contribution in [0.25, 0.3) is 5.69 Å². The molecule has 0 aliphatic heterocycles. The Hall–Kier alpha value is -2.34. The number of phenols is 1. The van der Waals surface area contributed by atoms with Crippen LogP contribution in [0.1, 0.15) is 31.9 Å². The second-order valence-electron chi connectivity index (χ2n) is 6.63. The second kappa shape index (κ2) is 6.65. The fourth-order valence-electron chi connectivity index (χ4n) is 2.27. The Balaban J connectivity index is 1.72. The van der Waals surface area contributed by atoms with E-state index in [1.165, 1.54) is 11.1 Å². The number of thioether (sulfide) groups is 1. The molecule has 0 atom stereocenters. The van der Waals surface area contributed by atoms with Gasteiger partial charge in [0.15, 0.2) is 0 Å². The Morgan fingerprint density at radius 1 is 1.00 bits per heavy atom. The summed E-state index contributed by atoms with van der Waals surface area (Å²) in [5, 5.41) is 22.0. The van der Waals surface area contributed by atoms with Crippen molar-refractivity contribution in [3.8, 4) is 11.4 Å². The van der Waals surface area contributed by atoms with Crippen LogP contribution in [0, 0.1) is 0 Å². The van der Waals surface area contributed by atoms with E-state index in [9.17, 15) is 5.11 Å². The van der Waals surface area contributed by atoms with E-state index in [2.05, 4.69) is 60.6 Å². The van der Waals surface area contributed by atoms with Crippen LogP contribution in [-0.4, -0.2) is 25.3 Å². The first-order valence-electron chi connectivity index (χ1n) is 7.73. The lowest BCUT2D eigenvalue weighted by Gasteiger charge is -2.19. The van der Waals surface area contributed by atoms with Gasteiger partial charge in [-0.15, -0.1) is 5.10 Å². The third-order valence-corrected chi connectivity index (χ3v) is 4.71. The van der Waals surface area contributed by atoms with Gasteiger partial charge in [-0.25, -0.2) is 0 Å². The Morgan fingerprint density at radius 3 is 2.29 bits per heavy atom. The molecule has 0 radical (unpaired) electrons. The van der Waals surface area contributed by atoms with E-state index in [4.69, 9.17) is 0 Å². The molecule has 3 aromatic rings. The molecule has 6 heteroatoms. The monoisotopic (exact) mass is 340 g/mol. The maximum Gasteiger partial charge on any atom is 0.214 e. The van der Waals surface area contributed by atoms with Crippen LogP contribution in [0.5, 0.6) is 5.75 Å². The Labute approximate surface area is 145 Å². The van der Waals surface area contributed by atoms with Crippen molar-refractivity contribution >= 4 is 11.8 Å². The van der Waals surface area contributed by atoms with Crippen molar-refractivity contribution in [2.75, 3.05) is 0 Å². The molecule has 0 saturated carbocycles. The number of benzene rings is 2. The summed E-state index contributed by atoms with van der Waals surface area (Å²) in [4.78, 5) is 0. The Morgan fingerprint density at radius 2 is 1.67 bits per heavy atom. The van der Waals surface area contributed by atoms with E-state index in [0.29, 0.717) is 0 Å². The summed E-state index contributed by atoms with van der Waals surface area (Å²) < 4.78 is 1.67. The molecule has 1 heterocycles. The van der Waals surface area contributed by atoms with Crippen molar-refractivity contribution in [2.45, 2.75) is 37.1 Å². The van der Waals surface area contributed by atoms with E-state index < -0.39 is 0 Å². The van der Waals surface area contributed by atoms with Crippen LogP contribution < -0.4 is 0 Å². The number of hydrogen-bond acceptors (Lipinski definition) is 5. The lowest BCUT2D eigenvalue weighted by molar-refractivity contribution is 0.475. The van der Waals surface area contributed by atoms with Crippen LogP contribution >= 0.6 is 11.8 Å². The first-order valence-corrected chi connectivity index (χ1v) is 8.72. The van der Waals surface area contributed by atoms with Gasteiger partial charge < -0.3 is 5.11 Å². The van der Waals surface area contributed by atoms with Crippen LogP contribution in [0.3, 0.4) is 0 Å². The van der Waals surface area contributed by atoms with Gasteiger partial charge in [-0.2, -0.15) is 4.68 Å². The van der Waals surface area contributed by atoms with Gasteiger partial charge in [-0.1, -0.05) is 56.8 Å². The Kier molecular flexibility index (Phi) is 4.57. The van der Waals surface area contributed by atoms with Crippen LogP contribution in [0.4, 0.5) is 0 Å². The highest BCUT2D eigenvalue weighted by Crippen LogP contribution is 2.26. The summed E-state index contributed by atoms with van der Waals surface area (Å²) in [6, 6.07) is 15.5. The van der Waals surface area contributed by atoms with Crippen LogP contribution in [-0.2, 0) is 11.2 Å². The van der Waals surface area contributed by atoms with Gasteiger partial charge in [-0.3, -0.25) is 0 Å². The topological polar surface area (TPSA) is 63.8 Å². The zero-order chi connectivity index (χ0) is 17.2. The quantitative estimate of drug-likeness (QED) is 0.728. The highest BCUT2D eigenvalue weighted by molar-refractivity contribution is 7.98. The number of nitrogens with zero attached hydrogens (tertiary/aromatic N) is 4. The molecule has 0 aliphatic carbocycles. The summed E-state index contributed by atoms with van der Waals surface area (Å²) in [6.07, 6.45) is 0. The van der Waals surface area contributed by atoms with Gasteiger partial charge in [0.25, 0.3) is 0 Å². The van der Waals surface area contributed by atoms with Crippen molar-refractivity contribution in [1.29, 1.82) is 0 Å². The summed E-state index contributed by atoms with van der Waals surface area (Å²) in [7, 11) is 0. The zero-order valence-corrected chi connectivity index (χ0v) is 14.8. The molecule has 0 unspecified atom stereocenters. The maximum atomic E-state index is 9.39. The molecule has 3 rings (SSSR count). The summed E-state index contributed by atoms with van der Waals surface area (Å²) >= 11 is 1.58. The van der Waals surface area contributed by atoms with Crippen LogP contribution in [0.2, 0.25) is 0 Å². The van der Waals surface area contributed by atoms with Gasteiger partial charge in [-0.05, 0) is 51.2 Å². The minimum absolute atomic E-state index is 0.161. The average Bonchev–Trinajstić information content (AvgIpc) is 3.02. The second-order valence-corrected chi connectivity index (χ2v) is 7.57. The van der Waals surface area contributed by atoms with Gasteiger partial charge in [0.05, 0.1) is 5.69 Å². The minimum Gasteiger partial charge on any atom is -0.508 e. The van der Waals surface area contributed by atoms with Crippen molar-refractivity contribution in [2.24, 2.45) is 0 Å². The predicted octanol–water partition coefficient (Wildman–Crippen LogP) is 3.96. The number of rotatable bonds is 4. The normalized spacial score (nSPS) is 11.6. The number of tetrazole rings is 1. The van der Waals surface area contributed by atoms with Crippen LogP contribution in [0.15, 0.2) is 53.7 Å². The van der Waals surface area contributed by atoms with Crippen molar-refractivity contribution in [1.82, 2.24) is 20.2 Å². The molecule has 0 bridgehead atoms. The van der Waals surface area contributed by atoms with E-state index >= 15 is 0 Å². The molecule has 0 aliphatic rings.